The third-order valence-electron chi connectivity index (χ3n) is 6.68. The van der Waals surface area contributed by atoms with Crippen LogP contribution in [-0.2, 0) is 17.8 Å². The van der Waals surface area contributed by atoms with Crippen molar-refractivity contribution in [1.82, 2.24) is 14.8 Å². The lowest BCUT2D eigenvalue weighted by Gasteiger charge is -2.34. The van der Waals surface area contributed by atoms with Crippen LogP contribution in [0.1, 0.15) is 35.8 Å². The van der Waals surface area contributed by atoms with Crippen LogP contribution in [0.5, 0.6) is 11.5 Å². The van der Waals surface area contributed by atoms with E-state index in [1.165, 1.54) is 5.56 Å². The molecule has 1 saturated heterocycles. The van der Waals surface area contributed by atoms with E-state index in [9.17, 15) is 4.79 Å². The predicted molar refractivity (Wildman–Crippen MR) is 121 cm³/mol. The third-order valence-corrected chi connectivity index (χ3v) is 6.68. The predicted octanol–water partition coefficient (Wildman–Crippen LogP) is 3.61. The van der Waals surface area contributed by atoms with Gasteiger partial charge in [-0.1, -0.05) is 12.1 Å². The van der Waals surface area contributed by atoms with Gasteiger partial charge >= 0.3 is 0 Å². The number of carbonyl (C=O) groups excluding carboxylic acids is 1. The van der Waals surface area contributed by atoms with Crippen molar-refractivity contribution in [1.29, 1.82) is 0 Å². The van der Waals surface area contributed by atoms with E-state index in [-0.39, 0.29) is 5.91 Å². The molecule has 7 nitrogen and oxygen atoms in total. The molecule has 0 spiro atoms. The summed E-state index contributed by atoms with van der Waals surface area (Å²) in [6.45, 7) is 3.58. The fourth-order valence-electron chi connectivity index (χ4n) is 4.79. The van der Waals surface area contributed by atoms with E-state index in [1.807, 2.05) is 41.3 Å². The highest BCUT2D eigenvalue weighted by Crippen LogP contribution is 2.34. The van der Waals surface area contributed by atoms with Gasteiger partial charge < -0.3 is 18.8 Å². The first-order chi connectivity index (χ1) is 15.6. The van der Waals surface area contributed by atoms with Crippen LogP contribution in [0.4, 0.5) is 0 Å². The van der Waals surface area contributed by atoms with Crippen LogP contribution >= 0.6 is 0 Å². The smallest absolute Gasteiger partial charge is 0.237 e. The number of hydrogen-bond donors (Lipinski definition) is 0. The van der Waals surface area contributed by atoms with Crippen LogP contribution in [0, 0.1) is 0 Å². The number of aromatic nitrogens is 1. The number of carbonyl (C=O) groups is 1. The molecule has 3 heterocycles. The molecule has 32 heavy (non-hydrogen) atoms. The van der Waals surface area contributed by atoms with E-state index in [0.717, 1.165) is 67.2 Å². The fraction of sp³-hybridized carbons (Fsp3) is 0.440. The molecule has 0 atom stereocenters. The average Bonchev–Trinajstić information content (AvgIpc) is 3.27. The van der Waals surface area contributed by atoms with Crippen molar-refractivity contribution in [3.05, 3.63) is 53.4 Å². The number of para-hydroxylation sites is 2. The van der Waals surface area contributed by atoms with Gasteiger partial charge in [0, 0.05) is 19.0 Å². The summed E-state index contributed by atoms with van der Waals surface area (Å²) in [7, 11) is 3.29. The number of fused-ring (bicyclic) bond motifs is 2. The molecule has 0 N–H and O–H groups in total. The number of methoxy groups -OCH3 is 2. The van der Waals surface area contributed by atoms with Crippen LogP contribution in [-0.4, -0.2) is 61.1 Å². The molecule has 2 aliphatic heterocycles. The number of nitrogens with zero attached hydrogens (tertiary/aromatic N) is 3. The summed E-state index contributed by atoms with van der Waals surface area (Å²) in [4.78, 5) is 21.9. The number of ether oxygens (including phenoxy) is 2. The molecule has 2 aromatic carbocycles. The molecule has 1 aromatic heterocycles. The summed E-state index contributed by atoms with van der Waals surface area (Å²) in [5.41, 5.74) is 4.13. The number of rotatable bonds is 5. The molecule has 5 rings (SSSR count). The van der Waals surface area contributed by atoms with Crippen LogP contribution in [0.3, 0.4) is 0 Å². The molecule has 1 amide bonds. The van der Waals surface area contributed by atoms with Crippen molar-refractivity contribution >= 4 is 17.0 Å². The Bertz CT molecular complexity index is 1080. The average molecular weight is 436 g/mol. The Labute approximate surface area is 187 Å². The van der Waals surface area contributed by atoms with Gasteiger partial charge in [-0.2, -0.15) is 0 Å². The highest BCUT2D eigenvalue weighted by atomic mass is 16.5. The zero-order valence-corrected chi connectivity index (χ0v) is 18.7. The molecule has 0 saturated carbocycles. The molecular weight excluding hydrogens is 406 g/mol. The topological polar surface area (TPSA) is 68.0 Å². The Morgan fingerprint density at radius 2 is 1.78 bits per heavy atom. The summed E-state index contributed by atoms with van der Waals surface area (Å²) in [5, 5.41) is 0. The second-order valence-electron chi connectivity index (χ2n) is 8.61. The second kappa shape index (κ2) is 8.82. The zero-order chi connectivity index (χ0) is 22.1. The quantitative estimate of drug-likeness (QED) is 0.610. The first kappa shape index (κ1) is 20.8. The standard InChI is InChI=1S/C25H29N3O4/c1-30-22-13-18-9-12-28(15-19(18)14-23(22)31-2)24(29)16-27-10-7-17(8-11-27)25-26-20-5-3-4-6-21(20)32-25/h3-6,13-14,17H,7-12,15-16H2,1-2H3. The monoisotopic (exact) mass is 435 g/mol. The number of amides is 1. The van der Waals surface area contributed by atoms with E-state index in [1.54, 1.807) is 14.2 Å². The highest BCUT2D eigenvalue weighted by molar-refractivity contribution is 5.78. The largest absolute Gasteiger partial charge is 0.493 e. The molecule has 0 bridgehead atoms. The van der Waals surface area contributed by atoms with E-state index >= 15 is 0 Å². The van der Waals surface area contributed by atoms with Crippen molar-refractivity contribution in [3.63, 3.8) is 0 Å². The SMILES string of the molecule is COc1cc2c(cc1OC)CN(C(=O)CN1CCC(c3nc4ccccc4o3)CC1)CC2. The molecule has 0 unspecified atom stereocenters. The van der Waals surface area contributed by atoms with E-state index in [2.05, 4.69) is 9.88 Å². The van der Waals surface area contributed by atoms with Crippen LogP contribution < -0.4 is 9.47 Å². The molecule has 3 aromatic rings. The maximum absolute atomic E-state index is 13.0. The minimum Gasteiger partial charge on any atom is -0.493 e. The van der Waals surface area contributed by atoms with Crippen LogP contribution in [0.15, 0.2) is 40.8 Å². The summed E-state index contributed by atoms with van der Waals surface area (Å²) in [6, 6.07) is 11.9. The van der Waals surface area contributed by atoms with Gasteiger partial charge in [0.1, 0.15) is 5.52 Å². The fourth-order valence-corrected chi connectivity index (χ4v) is 4.79. The van der Waals surface area contributed by atoms with E-state index < -0.39 is 0 Å². The van der Waals surface area contributed by atoms with Gasteiger partial charge in [-0.25, -0.2) is 4.98 Å². The summed E-state index contributed by atoms with van der Waals surface area (Å²) in [5.74, 6) is 2.78. The number of piperidine rings is 1. The van der Waals surface area contributed by atoms with E-state index in [4.69, 9.17) is 13.9 Å². The van der Waals surface area contributed by atoms with Crippen molar-refractivity contribution in [2.45, 2.75) is 31.7 Å². The number of hydrogen-bond acceptors (Lipinski definition) is 6. The Morgan fingerprint density at radius 3 is 2.50 bits per heavy atom. The summed E-state index contributed by atoms with van der Waals surface area (Å²) in [6.07, 6.45) is 2.75. The maximum Gasteiger partial charge on any atom is 0.237 e. The number of likely N-dealkylation sites (tertiary alicyclic amines) is 1. The van der Waals surface area contributed by atoms with Crippen molar-refractivity contribution < 1.29 is 18.7 Å². The van der Waals surface area contributed by atoms with Gasteiger partial charge in [-0.05, 0) is 67.7 Å². The van der Waals surface area contributed by atoms with Crippen molar-refractivity contribution in [2.75, 3.05) is 40.4 Å². The lowest BCUT2D eigenvalue weighted by Crippen LogP contribution is -2.44. The van der Waals surface area contributed by atoms with Gasteiger partial charge in [0.05, 0.1) is 20.8 Å². The summed E-state index contributed by atoms with van der Waals surface area (Å²) < 4.78 is 16.8. The molecule has 1 fully saturated rings. The Morgan fingerprint density at radius 1 is 1.06 bits per heavy atom. The Kier molecular flexibility index (Phi) is 5.74. The normalized spacial score (nSPS) is 17.4. The van der Waals surface area contributed by atoms with Crippen molar-refractivity contribution in [3.8, 4) is 11.5 Å². The molecule has 7 heteroatoms. The Hall–Kier alpha value is -3.06. The van der Waals surface area contributed by atoms with Gasteiger partial charge in [0.15, 0.2) is 23.0 Å². The van der Waals surface area contributed by atoms with Crippen LogP contribution in [0.25, 0.3) is 11.1 Å². The molecule has 0 aliphatic carbocycles. The molecule has 0 radical (unpaired) electrons. The van der Waals surface area contributed by atoms with Gasteiger partial charge in [-0.15, -0.1) is 0 Å². The first-order valence-corrected chi connectivity index (χ1v) is 11.2. The molecule has 168 valence electrons. The summed E-state index contributed by atoms with van der Waals surface area (Å²) >= 11 is 0. The van der Waals surface area contributed by atoms with Gasteiger partial charge in [-0.3, -0.25) is 9.69 Å². The second-order valence-corrected chi connectivity index (χ2v) is 8.61. The molecular formula is C25H29N3O4. The maximum atomic E-state index is 13.0. The number of benzene rings is 2. The van der Waals surface area contributed by atoms with Gasteiger partial charge in [0.2, 0.25) is 5.91 Å². The lowest BCUT2D eigenvalue weighted by molar-refractivity contribution is -0.133. The minimum atomic E-state index is 0.186. The lowest BCUT2D eigenvalue weighted by atomic mass is 9.96. The van der Waals surface area contributed by atoms with E-state index in [0.29, 0.717) is 24.8 Å². The zero-order valence-electron chi connectivity index (χ0n) is 18.7. The number of oxazole rings is 1. The van der Waals surface area contributed by atoms with Crippen LogP contribution in [0.2, 0.25) is 0 Å². The van der Waals surface area contributed by atoms with Gasteiger partial charge in [0.25, 0.3) is 0 Å². The highest BCUT2D eigenvalue weighted by Gasteiger charge is 2.28. The Balaban J connectivity index is 1.17. The minimum absolute atomic E-state index is 0.186. The third kappa shape index (κ3) is 4.05. The first-order valence-electron chi connectivity index (χ1n) is 11.2. The molecule has 2 aliphatic rings. The van der Waals surface area contributed by atoms with Crippen molar-refractivity contribution in [2.24, 2.45) is 0 Å².